The number of carbonyl (C=O) groups is 1. The standard InChI is InChI=1S/C15H13BrFNO3/c1-2-20-15(19)10-4-3-5-12(18)14(10)21-13-7-6-9(17)8-11(13)16/h3-8H,2,18H2,1H3. The van der Waals surface area contributed by atoms with E-state index in [1.807, 2.05) is 0 Å². The molecule has 2 rings (SSSR count). The zero-order chi connectivity index (χ0) is 15.4. The first-order chi connectivity index (χ1) is 10.0. The number of nitrogens with two attached hydrogens (primary N) is 1. The van der Waals surface area contributed by atoms with E-state index in [-0.39, 0.29) is 23.6 Å². The fraction of sp³-hybridized carbons (Fsp3) is 0.133. The minimum atomic E-state index is -0.530. The van der Waals surface area contributed by atoms with E-state index in [0.29, 0.717) is 10.2 Å². The van der Waals surface area contributed by atoms with E-state index in [4.69, 9.17) is 15.2 Å². The quantitative estimate of drug-likeness (QED) is 0.662. The highest BCUT2D eigenvalue weighted by atomic mass is 79.9. The van der Waals surface area contributed by atoms with Crippen molar-refractivity contribution in [3.05, 3.63) is 52.3 Å². The Bertz CT molecular complexity index is 676. The van der Waals surface area contributed by atoms with Gasteiger partial charge in [-0.05, 0) is 53.2 Å². The molecule has 4 nitrogen and oxygen atoms in total. The summed E-state index contributed by atoms with van der Waals surface area (Å²) in [5.41, 5.74) is 6.37. The number of carbonyl (C=O) groups excluding carboxylic acids is 1. The fourth-order valence-electron chi connectivity index (χ4n) is 1.71. The maximum atomic E-state index is 13.1. The Balaban J connectivity index is 2.41. The van der Waals surface area contributed by atoms with Gasteiger partial charge in [0.2, 0.25) is 0 Å². The maximum absolute atomic E-state index is 13.1. The summed E-state index contributed by atoms with van der Waals surface area (Å²) in [4.78, 5) is 11.9. The number of para-hydroxylation sites is 1. The van der Waals surface area contributed by atoms with E-state index in [0.717, 1.165) is 0 Å². The van der Waals surface area contributed by atoms with Crippen LogP contribution in [0.25, 0.3) is 0 Å². The molecule has 0 aliphatic carbocycles. The van der Waals surface area contributed by atoms with Crippen LogP contribution in [0.1, 0.15) is 17.3 Å². The molecule has 0 aromatic heterocycles. The summed E-state index contributed by atoms with van der Waals surface area (Å²) in [7, 11) is 0. The molecule has 0 atom stereocenters. The van der Waals surface area contributed by atoms with E-state index < -0.39 is 11.8 Å². The number of benzene rings is 2. The van der Waals surface area contributed by atoms with Crippen LogP contribution in [0.2, 0.25) is 0 Å². The molecule has 2 aromatic carbocycles. The molecule has 0 saturated heterocycles. The SMILES string of the molecule is CCOC(=O)c1cccc(N)c1Oc1ccc(F)cc1Br. The predicted octanol–water partition coefficient (Wildman–Crippen LogP) is 4.14. The van der Waals surface area contributed by atoms with Gasteiger partial charge in [-0.1, -0.05) is 6.07 Å². The lowest BCUT2D eigenvalue weighted by Crippen LogP contribution is -2.08. The monoisotopic (exact) mass is 353 g/mol. The lowest BCUT2D eigenvalue weighted by molar-refractivity contribution is 0.0523. The number of rotatable bonds is 4. The molecule has 0 radical (unpaired) electrons. The summed E-state index contributed by atoms with van der Waals surface area (Å²) in [5.74, 6) is -0.401. The average Bonchev–Trinajstić information content (AvgIpc) is 2.43. The summed E-state index contributed by atoms with van der Waals surface area (Å²) >= 11 is 3.20. The summed E-state index contributed by atoms with van der Waals surface area (Å²) < 4.78 is 24.1. The number of hydrogen-bond acceptors (Lipinski definition) is 4. The zero-order valence-electron chi connectivity index (χ0n) is 11.2. The molecule has 2 aromatic rings. The number of hydrogen-bond donors (Lipinski definition) is 1. The predicted molar refractivity (Wildman–Crippen MR) is 81.0 cm³/mol. The van der Waals surface area contributed by atoms with Gasteiger partial charge in [0, 0.05) is 0 Å². The molecule has 0 aliphatic heterocycles. The van der Waals surface area contributed by atoms with Gasteiger partial charge in [-0.3, -0.25) is 0 Å². The van der Waals surface area contributed by atoms with E-state index >= 15 is 0 Å². The summed E-state index contributed by atoms with van der Waals surface area (Å²) in [5, 5.41) is 0. The smallest absolute Gasteiger partial charge is 0.342 e. The largest absolute Gasteiger partial charge is 0.462 e. The second kappa shape index (κ2) is 6.58. The second-order valence-electron chi connectivity index (χ2n) is 4.12. The minimum Gasteiger partial charge on any atom is -0.462 e. The third-order valence-corrected chi connectivity index (χ3v) is 3.27. The molecule has 2 N–H and O–H groups in total. The van der Waals surface area contributed by atoms with Gasteiger partial charge in [-0.15, -0.1) is 0 Å². The zero-order valence-corrected chi connectivity index (χ0v) is 12.8. The fourth-order valence-corrected chi connectivity index (χ4v) is 2.14. The Morgan fingerprint density at radius 3 is 2.76 bits per heavy atom. The molecule has 6 heteroatoms. The van der Waals surface area contributed by atoms with Crippen molar-refractivity contribution in [3.63, 3.8) is 0 Å². The van der Waals surface area contributed by atoms with Crippen molar-refractivity contribution in [1.82, 2.24) is 0 Å². The molecule has 110 valence electrons. The van der Waals surface area contributed by atoms with Crippen LogP contribution in [0, 0.1) is 5.82 Å². The van der Waals surface area contributed by atoms with E-state index in [1.54, 1.807) is 25.1 Å². The number of halogens is 2. The van der Waals surface area contributed by atoms with Crippen LogP contribution in [-0.4, -0.2) is 12.6 Å². The van der Waals surface area contributed by atoms with Gasteiger partial charge in [-0.25, -0.2) is 9.18 Å². The van der Waals surface area contributed by atoms with Crippen molar-refractivity contribution in [2.75, 3.05) is 12.3 Å². The van der Waals surface area contributed by atoms with Gasteiger partial charge < -0.3 is 15.2 Å². The molecule has 0 saturated carbocycles. The molecule has 0 spiro atoms. The molecule has 0 unspecified atom stereocenters. The van der Waals surface area contributed by atoms with Gasteiger partial charge in [0.25, 0.3) is 0 Å². The Hall–Kier alpha value is -2.08. The molecular weight excluding hydrogens is 341 g/mol. The van der Waals surface area contributed by atoms with Crippen LogP contribution in [0.15, 0.2) is 40.9 Å². The van der Waals surface area contributed by atoms with Gasteiger partial charge in [-0.2, -0.15) is 0 Å². The summed E-state index contributed by atoms with van der Waals surface area (Å²) in [6.07, 6.45) is 0. The molecule has 21 heavy (non-hydrogen) atoms. The lowest BCUT2D eigenvalue weighted by Gasteiger charge is -2.13. The molecule has 0 heterocycles. The van der Waals surface area contributed by atoms with Crippen LogP contribution in [0.4, 0.5) is 10.1 Å². The van der Waals surface area contributed by atoms with Crippen LogP contribution in [-0.2, 0) is 4.74 Å². The summed E-state index contributed by atoms with van der Waals surface area (Å²) in [6, 6.07) is 8.76. The Labute approximate surface area is 129 Å². The highest BCUT2D eigenvalue weighted by Crippen LogP contribution is 2.35. The third-order valence-electron chi connectivity index (χ3n) is 2.65. The van der Waals surface area contributed by atoms with E-state index in [1.165, 1.54) is 18.2 Å². The molecule has 0 bridgehead atoms. The number of ether oxygens (including phenoxy) is 2. The topological polar surface area (TPSA) is 61.5 Å². The van der Waals surface area contributed by atoms with Gasteiger partial charge >= 0.3 is 5.97 Å². The van der Waals surface area contributed by atoms with E-state index in [2.05, 4.69) is 15.9 Å². The van der Waals surface area contributed by atoms with Crippen molar-refractivity contribution >= 4 is 27.6 Å². The average molecular weight is 354 g/mol. The maximum Gasteiger partial charge on any atom is 0.342 e. The Morgan fingerprint density at radius 2 is 2.10 bits per heavy atom. The van der Waals surface area contributed by atoms with Gasteiger partial charge in [0.05, 0.1) is 16.8 Å². The molecule has 0 aliphatic rings. The van der Waals surface area contributed by atoms with Crippen LogP contribution in [0.3, 0.4) is 0 Å². The van der Waals surface area contributed by atoms with Crippen molar-refractivity contribution in [1.29, 1.82) is 0 Å². The van der Waals surface area contributed by atoms with E-state index in [9.17, 15) is 9.18 Å². The number of esters is 1. The first-order valence-electron chi connectivity index (χ1n) is 6.21. The van der Waals surface area contributed by atoms with Crippen molar-refractivity contribution in [2.45, 2.75) is 6.92 Å². The Morgan fingerprint density at radius 1 is 1.33 bits per heavy atom. The number of anilines is 1. The molecule has 0 fully saturated rings. The highest BCUT2D eigenvalue weighted by molar-refractivity contribution is 9.10. The Kier molecular flexibility index (Phi) is 4.80. The van der Waals surface area contributed by atoms with Crippen molar-refractivity contribution < 1.29 is 18.7 Å². The first kappa shape index (κ1) is 15.3. The van der Waals surface area contributed by atoms with Gasteiger partial charge in [0.15, 0.2) is 5.75 Å². The third kappa shape index (κ3) is 3.52. The normalized spacial score (nSPS) is 10.2. The van der Waals surface area contributed by atoms with Crippen LogP contribution in [0.5, 0.6) is 11.5 Å². The van der Waals surface area contributed by atoms with Crippen LogP contribution >= 0.6 is 15.9 Å². The minimum absolute atomic E-state index is 0.184. The molecular formula is C15H13BrFNO3. The van der Waals surface area contributed by atoms with Crippen molar-refractivity contribution in [2.24, 2.45) is 0 Å². The highest BCUT2D eigenvalue weighted by Gasteiger charge is 2.18. The van der Waals surface area contributed by atoms with Crippen LogP contribution < -0.4 is 10.5 Å². The number of nitrogen functional groups attached to an aromatic ring is 1. The molecule has 0 amide bonds. The first-order valence-corrected chi connectivity index (χ1v) is 7.00. The van der Waals surface area contributed by atoms with Gasteiger partial charge in [0.1, 0.15) is 17.1 Å². The lowest BCUT2D eigenvalue weighted by atomic mass is 10.1. The summed E-state index contributed by atoms with van der Waals surface area (Å²) in [6.45, 7) is 1.95. The van der Waals surface area contributed by atoms with Crippen molar-refractivity contribution in [3.8, 4) is 11.5 Å². The second-order valence-corrected chi connectivity index (χ2v) is 4.98.